The van der Waals surface area contributed by atoms with Gasteiger partial charge in [0, 0.05) is 30.6 Å². The standard InChI is InChI=1S/C15H17N3O/c1-11-5-4-6-12(2)15(11)17-14(19)8-7-13-9-16-18(3)10-13/h4-10H,1-3H3,(H,17,19)/b8-7+. The molecule has 4 nitrogen and oxygen atoms in total. The molecule has 1 aromatic carbocycles. The fraction of sp³-hybridized carbons (Fsp3) is 0.200. The maximum absolute atomic E-state index is 11.9. The molecule has 4 heteroatoms. The second-order valence-electron chi connectivity index (χ2n) is 4.54. The molecule has 2 aromatic rings. The summed E-state index contributed by atoms with van der Waals surface area (Å²) in [6.07, 6.45) is 6.82. The molecule has 1 aromatic heterocycles. The molecular weight excluding hydrogens is 238 g/mol. The van der Waals surface area contributed by atoms with E-state index in [-0.39, 0.29) is 5.91 Å². The van der Waals surface area contributed by atoms with Crippen LogP contribution in [-0.4, -0.2) is 15.7 Å². The van der Waals surface area contributed by atoms with Gasteiger partial charge in [-0.25, -0.2) is 0 Å². The first-order valence-corrected chi connectivity index (χ1v) is 6.10. The summed E-state index contributed by atoms with van der Waals surface area (Å²) in [5.41, 5.74) is 3.90. The molecule has 1 N–H and O–H groups in total. The molecule has 0 atom stereocenters. The van der Waals surface area contributed by atoms with Crippen molar-refractivity contribution in [2.24, 2.45) is 7.05 Å². The molecule has 1 amide bonds. The molecule has 0 aliphatic rings. The Labute approximate surface area is 112 Å². The highest BCUT2D eigenvalue weighted by molar-refractivity contribution is 6.02. The number of nitrogens with zero attached hydrogens (tertiary/aromatic N) is 2. The van der Waals surface area contributed by atoms with Gasteiger partial charge in [-0.05, 0) is 31.1 Å². The number of aromatic nitrogens is 2. The molecule has 2 rings (SSSR count). The summed E-state index contributed by atoms with van der Waals surface area (Å²) in [4.78, 5) is 11.9. The van der Waals surface area contributed by atoms with Gasteiger partial charge in [0.25, 0.3) is 0 Å². The lowest BCUT2D eigenvalue weighted by Gasteiger charge is -2.09. The molecule has 0 radical (unpaired) electrons. The quantitative estimate of drug-likeness (QED) is 0.857. The van der Waals surface area contributed by atoms with Crippen LogP contribution in [0.1, 0.15) is 16.7 Å². The van der Waals surface area contributed by atoms with Crippen molar-refractivity contribution in [1.82, 2.24) is 9.78 Å². The minimum Gasteiger partial charge on any atom is -0.322 e. The maximum atomic E-state index is 11.9. The number of carbonyl (C=O) groups is 1. The van der Waals surface area contributed by atoms with Crippen LogP contribution in [0, 0.1) is 13.8 Å². The SMILES string of the molecule is Cc1cccc(C)c1NC(=O)/C=C/c1cnn(C)c1. The summed E-state index contributed by atoms with van der Waals surface area (Å²) in [5.74, 6) is -0.138. The van der Waals surface area contributed by atoms with E-state index < -0.39 is 0 Å². The van der Waals surface area contributed by atoms with Gasteiger partial charge in [-0.3, -0.25) is 9.48 Å². The fourth-order valence-corrected chi connectivity index (χ4v) is 1.87. The number of benzene rings is 1. The van der Waals surface area contributed by atoms with Gasteiger partial charge in [0.05, 0.1) is 6.20 Å². The van der Waals surface area contributed by atoms with Crippen LogP contribution in [0.2, 0.25) is 0 Å². The Hall–Kier alpha value is -2.36. The number of carbonyl (C=O) groups excluding carboxylic acids is 1. The van der Waals surface area contributed by atoms with Gasteiger partial charge < -0.3 is 5.32 Å². The Morgan fingerprint density at radius 2 is 2.00 bits per heavy atom. The number of aryl methyl sites for hydroxylation is 3. The first-order chi connectivity index (χ1) is 9.06. The molecule has 0 saturated heterocycles. The lowest BCUT2D eigenvalue weighted by atomic mass is 10.1. The van der Waals surface area contributed by atoms with E-state index in [4.69, 9.17) is 0 Å². The molecule has 0 bridgehead atoms. The number of rotatable bonds is 3. The minimum absolute atomic E-state index is 0.138. The molecule has 0 aliphatic heterocycles. The van der Waals surface area contributed by atoms with Gasteiger partial charge in [0.15, 0.2) is 0 Å². The zero-order chi connectivity index (χ0) is 13.8. The van der Waals surface area contributed by atoms with Gasteiger partial charge >= 0.3 is 0 Å². The number of hydrogen-bond donors (Lipinski definition) is 1. The average Bonchev–Trinajstić information content (AvgIpc) is 2.77. The summed E-state index contributed by atoms with van der Waals surface area (Å²) in [6.45, 7) is 3.96. The molecule has 0 unspecified atom stereocenters. The van der Waals surface area contributed by atoms with E-state index in [1.54, 1.807) is 17.0 Å². The Kier molecular flexibility index (Phi) is 3.80. The molecule has 0 spiro atoms. The first kappa shape index (κ1) is 13.1. The molecule has 19 heavy (non-hydrogen) atoms. The van der Waals surface area contributed by atoms with E-state index in [0.717, 1.165) is 22.4 Å². The van der Waals surface area contributed by atoms with Crippen molar-refractivity contribution < 1.29 is 4.79 Å². The van der Waals surface area contributed by atoms with Crippen molar-refractivity contribution in [1.29, 1.82) is 0 Å². The van der Waals surface area contributed by atoms with Crippen molar-refractivity contribution >= 4 is 17.7 Å². The second kappa shape index (κ2) is 5.52. The van der Waals surface area contributed by atoms with Crippen molar-refractivity contribution in [3.63, 3.8) is 0 Å². The summed E-state index contributed by atoms with van der Waals surface area (Å²) in [5, 5.41) is 6.94. The highest BCUT2D eigenvalue weighted by Crippen LogP contribution is 2.19. The van der Waals surface area contributed by atoms with Crippen LogP contribution in [0.15, 0.2) is 36.7 Å². The van der Waals surface area contributed by atoms with Crippen LogP contribution in [-0.2, 0) is 11.8 Å². The maximum Gasteiger partial charge on any atom is 0.248 e. The molecule has 0 saturated carbocycles. The molecule has 1 heterocycles. The summed E-state index contributed by atoms with van der Waals surface area (Å²) >= 11 is 0. The van der Waals surface area contributed by atoms with Crippen LogP contribution < -0.4 is 5.32 Å². The summed E-state index contributed by atoms with van der Waals surface area (Å²) in [7, 11) is 1.84. The number of anilines is 1. The molecule has 98 valence electrons. The van der Waals surface area contributed by atoms with Crippen molar-refractivity contribution in [2.75, 3.05) is 5.32 Å². The smallest absolute Gasteiger partial charge is 0.248 e. The average molecular weight is 255 g/mol. The lowest BCUT2D eigenvalue weighted by Crippen LogP contribution is -2.10. The van der Waals surface area contributed by atoms with E-state index in [2.05, 4.69) is 10.4 Å². The van der Waals surface area contributed by atoms with E-state index in [1.165, 1.54) is 6.08 Å². The van der Waals surface area contributed by atoms with Crippen LogP contribution in [0.25, 0.3) is 6.08 Å². The number of hydrogen-bond acceptors (Lipinski definition) is 2. The van der Waals surface area contributed by atoms with Gasteiger partial charge in [0.1, 0.15) is 0 Å². The van der Waals surface area contributed by atoms with Crippen LogP contribution in [0.4, 0.5) is 5.69 Å². The van der Waals surface area contributed by atoms with E-state index >= 15 is 0 Å². The zero-order valence-corrected chi connectivity index (χ0v) is 11.3. The second-order valence-corrected chi connectivity index (χ2v) is 4.54. The van der Waals surface area contributed by atoms with Gasteiger partial charge in [-0.15, -0.1) is 0 Å². The van der Waals surface area contributed by atoms with Crippen LogP contribution >= 0.6 is 0 Å². The van der Waals surface area contributed by atoms with Crippen LogP contribution in [0.3, 0.4) is 0 Å². The lowest BCUT2D eigenvalue weighted by molar-refractivity contribution is -0.111. The Morgan fingerprint density at radius 3 is 2.58 bits per heavy atom. The summed E-state index contributed by atoms with van der Waals surface area (Å²) < 4.78 is 1.70. The Bertz CT molecular complexity index is 606. The van der Waals surface area contributed by atoms with Crippen molar-refractivity contribution in [3.8, 4) is 0 Å². The van der Waals surface area contributed by atoms with E-state index in [1.807, 2.05) is 45.3 Å². The largest absolute Gasteiger partial charge is 0.322 e. The van der Waals surface area contributed by atoms with Gasteiger partial charge in [-0.2, -0.15) is 5.10 Å². The third-order valence-electron chi connectivity index (χ3n) is 2.88. The Balaban J connectivity index is 2.07. The highest BCUT2D eigenvalue weighted by Gasteiger charge is 2.04. The van der Waals surface area contributed by atoms with Crippen molar-refractivity contribution in [2.45, 2.75) is 13.8 Å². The third-order valence-corrected chi connectivity index (χ3v) is 2.88. The normalized spacial score (nSPS) is 10.9. The first-order valence-electron chi connectivity index (χ1n) is 6.10. The summed E-state index contributed by atoms with van der Waals surface area (Å²) in [6, 6.07) is 5.94. The highest BCUT2D eigenvalue weighted by atomic mass is 16.1. The fourth-order valence-electron chi connectivity index (χ4n) is 1.87. The predicted molar refractivity (Wildman–Crippen MR) is 76.8 cm³/mol. The number of nitrogens with one attached hydrogen (secondary N) is 1. The molecule has 0 aliphatic carbocycles. The predicted octanol–water partition coefficient (Wildman–Crippen LogP) is 2.69. The monoisotopic (exact) mass is 255 g/mol. The van der Waals surface area contributed by atoms with E-state index in [0.29, 0.717) is 0 Å². The zero-order valence-electron chi connectivity index (χ0n) is 11.3. The van der Waals surface area contributed by atoms with Crippen molar-refractivity contribution in [3.05, 3.63) is 53.4 Å². The minimum atomic E-state index is -0.138. The molecule has 0 fully saturated rings. The Morgan fingerprint density at radius 1 is 1.32 bits per heavy atom. The molecular formula is C15H17N3O. The van der Waals surface area contributed by atoms with Gasteiger partial charge in [-0.1, -0.05) is 18.2 Å². The topological polar surface area (TPSA) is 46.9 Å². The van der Waals surface area contributed by atoms with Gasteiger partial charge in [0.2, 0.25) is 5.91 Å². The van der Waals surface area contributed by atoms with Crippen LogP contribution in [0.5, 0.6) is 0 Å². The van der Waals surface area contributed by atoms with E-state index in [9.17, 15) is 4.79 Å². The number of amides is 1. The number of para-hydroxylation sites is 1. The third kappa shape index (κ3) is 3.31.